The number of methoxy groups -OCH3 is 1. The molecule has 0 spiro atoms. The number of amides is 1. The van der Waals surface area contributed by atoms with E-state index in [0.29, 0.717) is 29.7 Å². The molecule has 2 aliphatic heterocycles. The van der Waals surface area contributed by atoms with Crippen molar-refractivity contribution in [1.82, 2.24) is 9.80 Å². The van der Waals surface area contributed by atoms with Crippen LogP contribution in [0, 0.1) is 0 Å². The van der Waals surface area contributed by atoms with Crippen LogP contribution in [0.25, 0.3) is 0 Å². The third kappa shape index (κ3) is 1.72. The highest BCUT2D eigenvalue weighted by atomic mass is 16.5. The first-order valence-corrected chi connectivity index (χ1v) is 6.92. The molecule has 0 N–H and O–H groups in total. The van der Waals surface area contributed by atoms with Gasteiger partial charge >= 0.3 is 0 Å². The summed E-state index contributed by atoms with van der Waals surface area (Å²) >= 11 is 0. The van der Waals surface area contributed by atoms with Gasteiger partial charge in [0.1, 0.15) is 0 Å². The minimum Gasteiger partial charge on any atom is -0.492 e. The minimum absolute atomic E-state index is 0.000259. The van der Waals surface area contributed by atoms with Gasteiger partial charge in [-0.3, -0.25) is 19.3 Å². The van der Waals surface area contributed by atoms with Crippen molar-refractivity contribution in [3.63, 3.8) is 0 Å². The quantitative estimate of drug-likeness (QED) is 0.631. The summed E-state index contributed by atoms with van der Waals surface area (Å²) in [6.07, 6.45) is 0.296. The highest BCUT2D eigenvalue weighted by Gasteiger charge is 2.49. The Bertz CT molecular complexity index is 632. The fourth-order valence-electron chi connectivity index (χ4n) is 3.53. The molecular formula is C15H18N2O4. The summed E-state index contributed by atoms with van der Waals surface area (Å²) in [6, 6.07) is -0.600. The number of piperazine rings is 1. The molecular weight excluding hydrogens is 272 g/mol. The molecule has 1 amide bonds. The van der Waals surface area contributed by atoms with E-state index in [4.69, 9.17) is 4.74 Å². The monoisotopic (exact) mass is 290 g/mol. The van der Waals surface area contributed by atoms with Crippen molar-refractivity contribution in [2.75, 3.05) is 27.7 Å². The maximum atomic E-state index is 12.7. The highest BCUT2D eigenvalue weighted by molar-refractivity contribution is 6.25. The van der Waals surface area contributed by atoms with Gasteiger partial charge in [0.2, 0.25) is 11.7 Å². The first-order valence-electron chi connectivity index (χ1n) is 6.92. The van der Waals surface area contributed by atoms with E-state index in [2.05, 4.69) is 0 Å². The fraction of sp³-hybridized carbons (Fsp3) is 0.533. The van der Waals surface area contributed by atoms with E-state index in [0.717, 1.165) is 0 Å². The van der Waals surface area contributed by atoms with Gasteiger partial charge in [-0.1, -0.05) is 0 Å². The molecule has 2 bridgehead atoms. The molecule has 6 nitrogen and oxygen atoms in total. The van der Waals surface area contributed by atoms with Crippen molar-refractivity contribution >= 4 is 17.5 Å². The molecule has 0 aromatic rings. The topological polar surface area (TPSA) is 66.9 Å². The number of fused-ring (bicyclic) bond motifs is 3. The average molecular weight is 290 g/mol. The molecule has 0 saturated carbocycles. The van der Waals surface area contributed by atoms with Crippen molar-refractivity contribution in [3.05, 3.63) is 22.5 Å². The summed E-state index contributed by atoms with van der Waals surface area (Å²) in [4.78, 5) is 40.9. The summed E-state index contributed by atoms with van der Waals surface area (Å²) in [5.41, 5.74) is 1.33. The molecule has 0 unspecified atom stereocenters. The number of hydrogen-bond donors (Lipinski definition) is 0. The molecule has 2 heterocycles. The molecule has 3 aliphatic rings. The summed E-state index contributed by atoms with van der Waals surface area (Å²) in [6.45, 7) is 2.02. The van der Waals surface area contributed by atoms with Crippen LogP contribution in [0.15, 0.2) is 22.5 Å². The van der Waals surface area contributed by atoms with Gasteiger partial charge in [0.25, 0.3) is 0 Å². The Balaban J connectivity index is 2.14. The number of allylic oxidation sites excluding steroid dienone is 2. The highest BCUT2D eigenvalue weighted by Crippen LogP contribution is 2.38. The first-order chi connectivity index (χ1) is 9.88. The predicted molar refractivity (Wildman–Crippen MR) is 74.3 cm³/mol. The van der Waals surface area contributed by atoms with Crippen LogP contribution in [-0.4, -0.2) is 67.1 Å². The largest absolute Gasteiger partial charge is 0.492 e. The Labute approximate surface area is 123 Å². The van der Waals surface area contributed by atoms with Crippen LogP contribution in [0.1, 0.15) is 13.3 Å². The molecule has 2 atom stereocenters. The number of carbonyl (C=O) groups excluding carboxylic acids is 3. The van der Waals surface area contributed by atoms with Crippen LogP contribution in [0.3, 0.4) is 0 Å². The molecule has 0 aromatic heterocycles. The van der Waals surface area contributed by atoms with E-state index in [1.165, 1.54) is 7.11 Å². The minimum atomic E-state index is -0.360. The Morgan fingerprint density at radius 1 is 1.10 bits per heavy atom. The fourth-order valence-corrected chi connectivity index (χ4v) is 3.53. The van der Waals surface area contributed by atoms with Crippen LogP contribution in [0.4, 0.5) is 0 Å². The second-order valence-electron chi connectivity index (χ2n) is 5.83. The van der Waals surface area contributed by atoms with Crippen molar-refractivity contribution < 1.29 is 19.1 Å². The maximum absolute atomic E-state index is 12.7. The van der Waals surface area contributed by atoms with E-state index in [1.54, 1.807) is 18.9 Å². The number of ether oxygens (including phenoxy) is 1. The Kier molecular flexibility index (Phi) is 3.02. The van der Waals surface area contributed by atoms with E-state index in [9.17, 15) is 14.4 Å². The summed E-state index contributed by atoms with van der Waals surface area (Å²) in [5, 5.41) is 0. The number of ketones is 2. The van der Waals surface area contributed by atoms with Crippen molar-refractivity contribution in [2.24, 2.45) is 0 Å². The van der Waals surface area contributed by atoms with Gasteiger partial charge in [-0.15, -0.1) is 0 Å². The lowest BCUT2D eigenvalue weighted by Crippen LogP contribution is -2.63. The van der Waals surface area contributed by atoms with Crippen LogP contribution < -0.4 is 0 Å². The number of Topliss-reactive ketones (excluding diaryl/α,β-unsaturated/α-hetero) is 2. The van der Waals surface area contributed by atoms with Crippen LogP contribution in [-0.2, 0) is 19.1 Å². The van der Waals surface area contributed by atoms with Crippen LogP contribution >= 0.6 is 0 Å². The normalized spacial score (nSPS) is 30.1. The molecule has 1 aliphatic carbocycles. The maximum Gasteiger partial charge on any atom is 0.240 e. The first kappa shape index (κ1) is 14.0. The van der Waals surface area contributed by atoms with Crippen LogP contribution in [0.5, 0.6) is 0 Å². The number of carbonyl (C=O) groups is 3. The van der Waals surface area contributed by atoms with Gasteiger partial charge in [-0.25, -0.2) is 0 Å². The number of rotatable bonds is 1. The third-order valence-electron chi connectivity index (χ3n) is 4.76. The van der Waals surface area contributed by atoms with Gasteiger partial charge in [0.05, 0.1) is 19.2 Å². The zero-order chi connectivity index (χ0) is 15.5. The van der Waals surface area contributed by atoms with Crippen molar-refractivity contribution in [2.45, 2.75) is 25.4 Å². The lowest BCUT2D eigenvalue weighted by molar-refractivity contribution is -0.143. The summed E-state index contributed by atoms with van der Waals surface area (Å²) in [7, 11) is 4.97. The Hall–Kier alpha value is -1.95. The number of likely N-dealkylation sites (N-methyl/N-ethyl adjacent to an activating group) is 2. The second kappa shape index (κ2) is 4.53. The Morgan fingerprint density at radius 3 is 2.38 bits per heavy atom. The van der Waals surface area contributed by atoms with E-state index < -0.39 is 0 Å². The molecule has 1 fully saturated rings. The molecule has 6 heteroatoms. The van der Waals surface area contributed by atoms with Gasteiger partial charge in [0, 0.05) is 36.7 Å². The molecule has 21 heavy (non-hydrogen) atoms. The zero-order valence-electron chi connectivity index (χ0n) is 12.6. The van der Waals surface area contributed by atoms with E-state index in [-0.39, 0.29) is 35.3 Å². The van der Waals surface area contributed by atoms with Gasteiger partial charge in [-0.2, -0.15) is 0 Å². The zero-order valence-corrected chi connectivity index (χ0v) is 12.6. The number of nitrogens with zero attached hydrogens (tertiary/aromatic N) is 2. The molecule has 112 valence electrons. The third-order valence-corrected chi connectivity index (χ3v) is 4.76. The van der Waals surface area contributed by atoms with E-state index in [1.807, 2.05) is 11.9 Å². The second-order valence-corrected chi connectivity index (χ2v) is 5.83. The van der Waals surface area contributed by atoms with Gasteiger partial charge < -0.3 is 9.64 Å². The lowest BCUT2D eigenvalue weighted by Gasteiger charge is -2.48. The Morgan fingerprint density at radius 2 is 1.76 bits per heavy atom. The lowest BCUT2D eigenvalue weighted by atomic mass is 9.76. The van der Waals surface area contributed by atoms with Crippen LogP contribution in [0.2, 0.25) is 0 Å². The molecule has 1 saturated heterocycles. The molecule has 0 aromatic carbocycles. The number of hydrogen-bond acceptors (Lipinski definition) is 5. The van der Waals surface area contributed by atoms with Gasteiger partial charge in [-0.05, 0) is 14.0 Å². The van der Waals surface area contributed by atoms with E-state index >= 15 is 0 Å². The SMILES string of the molecule is COC1=C(C)C(=O)C2=C(C1=O)[C@@H]1CN(C)C(=O)[C@H](C2)N1C. The van der Waals surface area contributed by atoms with Gasteiger partial charge in [0.15, 0.2) is 11.5 Å². The average Bonchev–Trinajstić information content (AvgIpc) is 2.44. The summed E-state index contributed by atoms with van der Waals surface area (Å²) < 4.78 is 5.13. The van der Waals surface area contributed by atoms with Crippen molar-refractivity contribution in [1.29, 1.82) is 0 Å². The van der Waals surface area contributed by atoms with Crippen molar-refractivity contribution in [3.8, 4) is 0 Å². The summed E-state index contributed by atoms with van der Waals surface area (Å²) in [5.74, 6) is -0.255. The standard InChI is InChI=1S/C15H18N2O4/c1-7-12(18)8-5-9-15(20)16(2)6-10(17(9)3)11(8)13(19)14(7)21-4/h9-10H,5-6H2,1-4H3/t9-,10-/m0/s1. The molecule has 0 radical (unpaired) electrons. The molecule has 3 rings (SSSR count). The smallest absolute Gasteiger partial charge is 0.240 e. The predicted octanol–water partition coefficient (Wildman–Crippen LogP) is -0.100.